The van der Waals surface area contributed by atoms with Crippen LogP contribution in [0.3, 0.4) is 0 Å². The topological polar surface area (TPSA) is 47.6 Å². The quantitative estimate of drug-likeness (QED) is 0.621. The van der Waals surface area contributed by atoms with Crippen LogP contribution in [0.1, 0.15) is 11.1 Å². The van der Waals surface area contributed by atoms with Crippen LogP contribution in [-0.2, 0) is 6.42 Å². The lowest BCUT2D eigenvalue weighted by atomic mass is 10.1. The van der Waals surface area contributed by atoms with Crippen LogP contribution in [0.5, 0.6) is 0 Å². The minimum atomic E-state index is 0.244. The first kappa shape index (κ1) is 9.83. The highest BCUT2D eigenvalue weighted by Gasteiger charge is 2.19. The third-order valence-electron chi connectivity index (χ3n) is 2.30. The predicted octanol–water partition coefficient (Wildman–Crippen LogP) is 2.94. The summed E-state index contributed by atoms with van der Waals surface area (Å²) >= 11 is 1.54. The molecule has 0 unspecified atom stereocenters. The van der Waals surface area contributed by atoms with Crippen molar-refractivity contribution in [1.82, 2.24) is 0 Å². The maximum atomic E-state index is 8.78. The van der Waals surface area contributed by atoms with Crippen LogP contribution in [0.4, 0.5) is 0 Å². The number of aryl methyl sites for hydroxylation is 1. The number of benzene rings is 1. The lowest BCUT2D eigenvalue weighted by Crippen LogP contribution is -1.84. The number of hydrogen-bond acceptors (Lipinski definition) is 3. The van der Waals surface area contributed by atoms with Crippen LogP contribution in [0, 0.1) is 29.6 Å². The second kappa shape index (κ2) is 3.81. The first-order valence-corrected chi connectivity index (χ1v) is 5.37. The van der Waals surface area contributed by atoms with Gasteiger partial charge in [0.2, 0.25) is 0 Å². The van der Waals surface area contributed by atoms with Crippen LogP contribution >= 0.6 is 11.8 Å². The van der Waals surface area contributed by atoms with E-state index >= 15 is 0 Å². The van der Waals surface area contributed by atoms with Gasteiger partial charge in [-0.15, -0.1) is 0 Å². The maximum Gasteiger partial charge on any atom is 0.139 e. The average Bonchev–Trinajstić information content (AvgIpc) is 2.62. The third-order valence-corrected chi connectivity index (χ3v) is 3.52. The summed E-state index contributed by atoms with van der Waals surface area (Å²) in [4.78, 5) is 2.04. The fourth-order valence-corrected chi connectivity index (χ4v) is 2.66. The van der Waals surface area contributed by atoms with E-state index in [-0.39, 0.29) is 5.57 Å². The van der Waals surface area contributed by atoms with Crippen LogP contribution in [0.15, 0.2) is 33.6 Å². The van der Waals surface area contributed by atoms with Crippen molar-refractivity contribution in [3.63, 3.8) is 0 Å². The number of fused-ring (bicyclic) bond motifs is 1. The molecule has 72 valence electrons. The van der Waals surface area contributed by atoms with Crippen molar-refractivity contribution in [2.75, 3.05) is 0 Å². The van der Waals surface area contributed by atoms with Gasteiger partial charge in [-0.2, -0.15) is 10.5 Å². The highest BCUT2D eigenvalue weighted by atomic mass is 32.2. The van der Waals surface area contributed by atoms with Crippen molar-refractivity contribution in [2.45, 2.75) is 18.2 Å². The van der Waals surface area contributed by atoms with Gasteiger partial charge in [-0.25, -0.2) is 0 Å². The largest absolute Gasteiger partial charge is 0.192 e. The fraction of sp³-hybridized carbons (Fsp3) is 0.167. The molecule has 1 aromatic carbocycles. The Hall–Kier alpha value is -1.71. The molecule has 1 aliphatic rings. The molecule has 2 rings (SSSR count). The Labute approximate surface area is 92.8 Å². The number of rotatable bonds is 0. The van der Waals surface area contributed by atoms with Gasteiger partial charge in [0.25, 0.3) is 0 Å². The molecule has 0 amide bonds. The Morgan fingerprint density at radius 1 is 1.33 bits per heavy atom. The molecule has 0 bridgehead atoms. The van der Waals surface area contributed by atoms with Crippen molar-refractivity contribution in [2.24, 2.45) is 0 Å². The monoisotopic (exact) mass is 212 g/mol. The Morgan fingerprint density at radius 2 is 2.07 bits per heavy atom. The first-order chi connectivity index (χ1) is 7.24. The smallest absolute Gasteiger partial charge is 0.139 e. The highest BCUT2D eigenvalue weighted by molar-refractivity contribution is 8.03. The Morgan fingerprint density at radius 3 is 2.73 bits per heavy atom. The van der Waals surface area contributed by atoms with E-state index in [2.05, 4.69) is 12.1 Å². The molecule has 0 atom stereocenters. The number of allylic oxidation sites excluding steroid dienone is 2. The van der Waals surface area contributed by atoms with Gasteiger partial charge in [-0.1, -0.05) is 29.5 Å². The highest BCUT2D eigenvalue weighted by Crippen LogP contribution is 2.41. The van der Waals surface area contributed by atoms with E-state index in [1.807, 2.05) is 25.1 Å². The van der Waals surface area contributed by atoms with E-state index in [1.54, 1.807) is 0 Å². The van der Waals surface area contributed by atoms with E-state index < -0.39 is 0 Å². The summed E-state index contributed by atoms with van der Waals surface area (Å²) in [5.41, 5.74) is 2.68. The lowest BCUT2D eigenvalue weighted by Gasteiger charge is -1.96. The Balaban J connectivity index is 2.44. The molecule has 15 heavy (non-hydrogen) atoms. The Kier molecular flexibility index (Phi) is 2.49. The first-order valence-electron chi connectivity index (χ1n) is 4.55. The van der Waals surface area contributed by atoms with Crippen molar-refractivity contribution in [3.8, 4) is 12.1 Å². The van der Waals surface area contributed by atoms with E-state index in [9.17, 15) is 0 Å². The molecule has 0 aliphatic carbocycles. The second-order valence-electron chi connectivity index (χ2n) is 3.41. The molecular weight excluding hydrogens is 204 g/mol. The van der Waals surface area contributed by atoms with Crippen LogP contribution in [0.2, 0.25) is 0 Å². The standard InChI is InChI=1S/C12H8N2S/c1-8-2-3-11-9(4-8)5-12(15-11)10(6-13)7-14/h2-4H,5H2,1H3. The molecule has 0 aromatic heterocycles. The van der Waals surface area contributed by atoms with Gasteiger partial charge < -0.3 is 0 Å². The van der Waals surface area contributed by atoms with Crippen molar-refractivity contribution in [3.05, 3.63) is 39.8 Å². The molecule has 0 fully saturated rings. The molecule has 1 aliphatic heterocycles. The minimum Gasteiger partial charge on any atom is -0.192 e. The van der Waals surface area contributed by atoms with Crippen molar-refractivity contribution < 1.29 is 0 Å². The lowest BCUT2D eigenvalue weighted by molar-refractivity contribution is 1.18. The van der Waals surface area contributed by atoms with E-state index in [0.717, 1.165) is 11.3 Å². The van der Waals surface area contributed by atoms with Crippen molar-refractivity contribution in [1.29, 1.82) is 10.5 Å². The minimum absolute atomic E-state index is 0.244. The van der Waals surface area contributed by atoms with E-state index in [4.69, 9.17) is 10.5 Å². The summed E-state index contributed by atoms with van der Waals surface area (Å²) in [5.74, 6) is 0. The molecule has 0 spiro atoms. The molecule has 0 saturated carbocycles. The maximum absolute atomic E-state index is 8.78. The Bertz CT molecular complexity index is 514. The van der Waals surface area contributed by atoms with Crippen LogP contribution in [-0.4, -0.2) is 0 Å². The number of thioether (sulfide) groups is 1. The second-order valence-corrected chi connectivity index (χ2v) is 4.55. The molecule has 0 N–H and O–H groups in total. The third kappa shape index (κ3) is 1.75. The van der Waals surface area contributed by atoms with Crippen LogP contribution < -0.4 is 0 Å². The molecule has 3 heteroatoms. The zero-order chi connectivity index (χ0) is 10.8. The van der Waals surface area contributed by atoms with Crippen molar-refractivity contribution >= 4 is 11.8 Å². The number of nitrogens with zero attached hydrogens (tertiary/aromatic N) is 2. The summed E-state index contributed by atoms with van der Waals surface area (Å²) in [7, 11) is 0. The van der Waals surface area contributed by atoms with Gasteiger partial charge in [0.05, 0.1) is 0 Å². The summed E-state index contributed by atoms with van der Waals surface area (Å²) in [6.45, 7) is 2.04. The fourth-order valence-electron chi connectivity index (χ4n) is 1.58. The summed E-state index contributed by atoms with van der Waals surface area (Å²) in [5, 5.41) is 17.6. The van der Waals surface area contributed by atoms with Gasteiger partial charge in [-0.05, 0) is 18.6 Å². The van der Waals surface area contributed by atoms with Gasteiger partial charge >= 0.3 is 0 Å². The SMILES string of the molecule is Cc1ccc2c(c1)CC(=C(C#N)C#N)S2. The van der Waals surface area contributed by atoms with Gasteiger partial charge in [0.1, 0.15) is 17.7 Å². The molecule has 0 radical (unpaired) electrons. The number of hydrogen-bond donors (Lipinski definition) is 0. The molecule has 1 heterocycles. The summed E-state index contributed by atoms with van der Waals surface area (Å²) < 4.78 is 0. The zero-order valence-corrected chi connectivity index (χ0v) is 9.06. The average molecular weight is 212 g/mol. The van der Waals surface area contributed by atoms with Gasteiger partial charge in [0.15, 0.2) is 0 Å². The predicted molar refractivity (Wildman–Crippen MR) is 59.0 cm³/mol. The summed E-state index contributed by atoms with van der Waals surface area (Å²) in [6, 6.07) is 10.1. The van der Waals surface area contributed by atoms with E-state index in [1.165, 1.54) is 27.8 Å². The van der Waals surface area contributed by atoms with E-state index in [0.29, 0.717) is 0 Å². The summed E-state index contributed by atoms with van der Waals surface area (Å²) in [6.07, 6.45) is 0.720. The zero-order valence-electron chi connectivity index (χ0n) is 8.24. The van der Waals surface area contributed by atoms with Gasteiger partial charge in [0, 0.05) is 16.2 Å². The molecule has 0 saturated heterocycles. The molecular formula is C12H8N2S. The van der Waals surface area contributed by atoms with Gasteiger partial charge in [-0.3, -0.25) is 0 Å². The molecule has 2 nitrogen and oxygen atoms in total. The molecule has 1 aromatic rings. The van der Waals surface area contributed by atoms with Crippen LogP contribution in [0.25, 0.3) is 0 Å². The number of nitriles is 2. The normalized spacial score (nSPS) is 12.9.